The summed E-state index contributed by atoms with van der Waals surface area (Å²) >= 11 is 0. The largest absolute Gasteiger partial charge is 0.381 e. The summed E-state index contributed by atoms with van der Waals surface area (Å²) in [6.07, 6.45) is 0. The topological polar surface area (TPSA) is 32.3 Å². The number of anilines is 1. The van der Waals surface area contributed by atoms with Crippen molar-refractivity contribution in [1.29, 1.82) is 0 Å². The Hall–Kier alpha value is -1.77. The summed E-state index contributed by atoms with van der Waals surface area (Å²) in [4.78, 5) is 13.4. The third kappa shape index (κ3) is 3.63. The summed E-state index contributed by atoms with van der Waals surface area (Å²) in [5, 5.41) is 3.28. The van der Waals surface area contributed by atoms with Gasteiger partial charge in [-0.05, 0) is 31.5 Å². The first-order chi connectivity index (χ1) is 7.91. The van der Waals surface area contributed by atoms with Crippen LogP contribution < -0.4 is 5.32 Å². The molecule has 0 bridgehead atoms. The molecule has 17 heavy (non-hydrogen) atoms. The van der Waals surface area contributed by atoms with E-state index in [-0.39, 0.29) is 5.91 Å². The van der Waals surface area contributed by atoms with Gasteiger partial charge in [0.2, 0.25) is 0 Å². The minimum Gasteiger partial charge on any atom is -0.381 e. The van der Waals surface area contributed by atoms with E-state index in [1.165, 1.54) is 0 Å². The van der Waals surface area contributed by atoms with Gasteiger partial charge in [0.1, 0.15) is 0 Å². The van der Waals surface area contributed by atoms with Crippen LogP contribution in [0.3, 0.4) is 0 Å². The van der Waals surface area contributed by atoms with E-state index in [1.807, 2.05) is 32.0 Å². The maximum atomic E-state index is 11.8. The smallest absolute Gasteiger partial charge is 0.253 e. The summed E-state index contributed by atoms with van der Waals surface area (Å²) in [5.41, 5.74) is 3.88. The molecule has 0 aliphatic carbocycles. The number of rotatable bonds is 4. The standard InChI is InChI=1S/C14H20N2O/c1-10(2)9-15-13-8-12(7-6-11(13)3)14(17)16(4)5/h6-8,15H,1,9H2,2-5H3. The highest BCUT2D eigenvalue weighted by atomic mass is 16.2. The van der Waals surface area contributed by atoms with E-state index in [0.29, 0.717) is 5.56 Å². The van der Waals surface area contributed by atoms with Crippen LogP contribution in [0.4, 0.5) is 5.69 Å². The molecule has 0 unspecified atom stereocenters. The molecule has 0 saturated carbocycles. The number of aryl methyl sites for hydroxylation is 1. The van der Waals surface area contributed by atoms with E-state index in [2.05, 4.69) is 11.9 Å². The van der Waals surface area contributed by atoms with Crippen molar-refractivity contribution in [2.24, 2.45) is 0 Å². The Kier molecular flexibility index (Phi) is 4.32. The second-order valence-corrected chi connectivity index (χ2v) is 4.54. The van der Waals surface area contributed by atoms with Crippen molar-refractivity contribution in [2.45, 2.75) is 13.8 Å². The zero-order chi connectivity index (χ0) is 13.0. The lowest BCUT2D eigenvalue weighted by atomic mass is 10.1. The molecule has 1 N–H and O–H groups in total. The van der Waals surface area contributed by atoms with Crippen LogP contribution in [-0.4, -0.2) is 31.4 Å². The molecule has 1 aromatic rings. The first-order valence-corrected chi connectivity index (χ1v) is 5.62. The molecule has 0 saturated heterocycles. The van der Waals surface area contributed by atoms with Crippen LogP contribution in [0.5, 0.6) is 0 Å². The molecule has 1 rings (SSSR count). The fraction of sp³-hybridized carbons (Fsp3) is 0.357. The monoisotopic (exact) mass is 232 g/mol. The molecule has 0 heterocycles. The number of carbonyl (C=O) groups is 1. The van der Waals surface area contributed by atoms with Gasteiger partial charge in [-0.15, -0.1) is 0 Å². The SMILES string of the molecule is C=C(C)CNc1cc(C(=O)N(C)C)ccc1C. The maximum Gasteiger partial charge on any atom is 0.253 e. The first-order valence-electron chi connectivity index (χ1n) is 5.62. The Morgan fingerprint density at radius 3 is 2.59 bits per heavy atom. The summed E-state index contributed by atoms with van der Waals surface area (Å²) in [7, 11) is 3.51. The molecular formula is C14H20N2O. The molecule has 0 radical (unpaired) electrons. The second kappa shape index (κ2) is 5.53. The number of hydrogen-bond donors (Lipinski definition) is 1. The second-order valence-electron chi connectivity index (χ2n) is 4.54. The number of benzene rings is 1. The Bertz CT molecular complexity index is 436. The highest BCUT2D eigenvalue weighted by molar-refractivity contribution is 5.95. The summed E-state index contributed by atoms with van der Waals surface area (Å²) in [5.74, 6) is 0.0170. The number of amides is 1. The normalized spacial score (nSPS) is 9.88. The first kappa shape index (κ1) is 13.3. The van der Waals surface area contributed by atoms with Gasteiger partial charge in [0.25, 0.3) is 5.91 Å². The third-order valence-corrected chi connectivity index (χ3v) is 2.47. The molecule has 0 spiro atoms. The van der Waals surface area contributed by atoms with Gasteiger partial charge in [0.05, 0.1) is 0 Å². The average Bonchev–Trinajstić information content (AvgIpc) is 2.26. The third-order valence-electron chi connectivity index (χ3n) is 2.47. The average molecular weight is 232 g/mol. The Morgan fingerprint density at radius 1 is 1.41 bits per heavy atom. The lowest BCUT2D eigenvalue weighted by molar-refractivity contribution is 0.0827. The lowest BCUT2D eigenvalue weighted by Crippen LogP contribution is -2.21. The molecule has 1 aromatic carbocycles. The van der Waals surface area contributed by atoms with E-state index in [1.54, 1.807) is 19.0 Å². The minimum atomic E-state index is 0.0170. The van der Waals surface area contributed by atoms with Gasteiger partial charge in [-0.2, -0.15) is 0 Å². The molecule has 3 heteroatoms. The molecule has 0 aliphatic heterocycles. The van der Waals surface area contributed by atoms with Crippen molar-refractivity contribution >= 4 is 11.6 Å². The van der Waals surface area contributed by atoms with E-state index in [9.17, 15) is 4.79 Å². The fourth-order valence-corrected chi connectivity index (χ4v) is 1.45. The predicted molar refractivity (Wildman–Crippen MR) is 72.5 cm³/mol. The molecule has 0 fully saturated rings. The molecule has 3 nitrogen and oxygen atoms in total. The van der Waals surface area contributed by atoms with Crippen molar-refractivity contribution < 1.29 is 4.79 Å². The van der Waals surface area contributed by atoms with E-state index in [0.717, 1.165) is 23.4 Å². The van der Waals surface area contributed by atoms with Crippen molar-refractivity contribution in [1.82, 2.24) is 4.90 Å². The fourth-order valence-electron chi connectivity index (χ4n) is 1.45. The molecule has 92 valence electrons. The predicted octanol–water partition coefficient (Wildman–Crippen LogP) is 2.68. The Labute approximate surface area is 103 Å². The Balaban J connectivity index is 2.94. The number of nitrogens with one attached hydrogen (secondary N) is 1. The van der Waals surface area contributed by atoms with Crippen molar-refractivity contribution in [2.75, 3.05) is 26.0 Å². The molecular weight excluding hydrogens is 212 g/mol. The van der Waals surface area contributed by atoms with Crippen LogP contribution in [0, 0.1) is 6.92 Å². The summed E-state index contributed by atoms with van der Waals surface area (Å²) in [6, 6.07) is 5.70. The van der Waals surface area contributed by atoms with Gasteiger partial charge in [-0.3, -0.25) is 4.79 Å². The van der Waals surface area contributed by atoms with Crippen LogP contribution in [-0.2, 0) is 0 Å². The zero-order valence-electron chi connectivity index (χ0n) is 11.0. The van der Waals surface area contributed by atoms with E-state index < -0.39 is 0 Å². The number of carbonyl (C=O) groups excluding carboxylic acids is 1. The molecule has 0 atom stereocenters. The molecule has 0 aliphatic rings. The number of hydrogen-bond acceptors (Lipinski definition) is 2. The maximum absolute atomic E-state index is 11.8. The van der Waals surface area contributed by atoms with E-state index in [4.69, 9.17) is 0 Å². The van der Waals surface area contributed by atoms with Crippen LogP contribution in [0.25, 0.3) is 0 Å². The van der Waals surface area contributed by atoms with Crippen molar-refractivity contribution in [3.8, 4) is 0 Å². The van der Waals surface area contributed by atoms with Crippen molar-refractivity contribution in [3.05, 3.63) is 41.5 Å². The van der Waals surface area contributed by atoms with Crippen LogP contribution >= 0.6 is 0 Å². The van der Waals surface area contributed by atoms with Gasteiger partial charge >= 0.3 is 0 Å². The van der Waals surface area contributed by atoms with Crippen LogP contribution in [0.15, 0.2) is 30.4 Å². The Morgan fingerprint density at radius 2 is 2.06 bits per heavy atom. The number of nitrogens with zero attached hydrogens (tertiary/aromatic N) is 1. The molecule has 0 aromatic heterocycles. The quantitative estimate of drug-likeness (QED) is 0.809. The highest BCUT2D eigenvalue weighted by Gasteiger charge is 2.09. The van der Waals surface area contributed by atoms with Gasteiger partial charge in [-0.1, -0.05) is 18.2 Å². The van der Waals surface area contributed by atoms with Crippen molar-refractivity contribution in [3.63, 3.8) is 0 Å². The van der Waals surface area contributed by atoms with Crippen LogP contribution in [0.2, 0.25) is 0 Å². The lowest BCUT2D eigenvalue weighted by Gasteiger charge is -2.14. The van der Waals surface area contributed by atoms with Crippen LogP contribution in [0.1, 0.15) is 22.8 Å². The summed E-state index contributed by atoms with van der Waals surface area (Å²) in [6.45, 7) is 8.56. The molecule has 1 amide bonds. The van der Waals surface area contributed by atoms with Gasteiger partial charge < -0.3 is 10.2 Å². The highest BCUT2D eigenvalue weighted by Crippen LogP contribution is 2.18. The van der Waals surface area contributed by atoms with Gasteiger partial charge in [-0.25, -0.2) is 0 Å². The zero-order valence-corrected chi connectivity index (χ0v) is 11.0. The van der Waals surface area contributed by atoms with E-state index >= 15 is 0 Å². The minimum absolute atomic E-state index is 0.0170. The van der Waals surface area contributed by atoms with Gasteiger partial charge in [0, 0.05) is 31.9 Å². The summed E-state index contributed by atoms with van der Waals surface area (Å²) < 4.78 is 0. The van der Waals surface area contributed by atoms with Gasteiger partial charge in [0.15, 0.2) is 0 Å².